The lowest BCUT2D eigenvalue weighted by atomic mass is 10.2. The Hall–Kier alpha value is -0.600. The summed E-state index contributed by atoms with van der Waals surface area (Å²) in [5, 5.41) is 0. The Kier molecular flexibility index (Phi) is 3.38. The number of ether oxygens (including phenoxy) is 1. The van der Waals surface area contributed by atoms with E-state index in [0.29, 0.717) is 5.44 Å². The molecular formula is C12H16OS. The van der Waals surface area contributed by atoms with Crippen LogP contribution in [0, 0.1) is 0 Å². The van der Waals surface area contributed by atoms with Gasteiger partial charge in [-0.3, -0.25) is 0 Å². The predicted molar refractivity (Wildman–Crippen MR) is 63.8 cm³/mol. The molecule has 1 aromatic rings. The highest BCUT2D eigenvalue weighted by Crippen LogP contribution is 2.31. The monoisotopic (exact) mass is 208 g/mol. The van der Waals surface area contributed by atoms with Crippen LogP contribution in [0.25, 0.3) is 0 Å². The van der Waals surface area contributed by atoms with Crippen LogP contribution in [-0.4, -0.2) is 17.9 Å². The van der Waals surface area contributed by atoms with Gasteiger partial charge in [0.15, 0.2) is 0 Å². The molecule has 1 aliphatic heterocycles. The lowest BCUT2D eigenvalue weighted by molar-refractivity contribution is 0.173. The minimum absolute atomic E-state index is 0.131. The quantitative estimate of drug-likeness (QED) is 0.694. The van der Waals surface area contributed by atoms with Crippen LogP contribution >= 0.6 is 10.5 Å². The zero-order valence-corrected chi connectivity index (χ0v) is 9.13. The van der Waals surface area contributed by atoms with E-state index in [9.17, 15) is 0 Å². The molecule has 76 valence electrons. The van der Waals surface area contributed by atoms with Crippen molar-refractivity contribution in [2.45, 2.75) is 24.0 Å². The van der Waals surface area contributed by atoms with E-state index >= 15 is 0 Å². The molecule has 0 radical (unpaired) electrons. The van der Waals surface area contributed by atoms with Crippen molar-refractivity contribution in [3.8, 4) is 0 Å². The van der Waals surface area contributed by atoms with Gasteiger partial charge in [0.05, 0.1) is 5.44 Å². The Labute approximate surface area is 88.0 Å². The first-order valence-electron chi connectivity index (χ1n) is 5.01. The highest BCUT2D eigenvalue weighted by molar-refractivity contribution is 8.13. The summed E-state index contributed by atoms with van der Waals surface area (Å²) in [6.45, 7) is 0.929. The molecule has 2 unspecified atom stereocenters. The van der Waals surface area contributed by atoms with Crippen molar-refractivity contribution in [3.63, 3.8) is 0 Å². The molecule has 0 N–H and O–H groups in total. The van der Waals surface area contributed by atoms with Crippen LogP contribution < -0.4 is 0 Å². The van der Waals surface area contributed by atoms with Crippen LogP contribution in [0.2, 0.25) is 0 Å². The molecule has 0 spiro atoms. The van der Waals surface area contributed by atoms with Gasteiger partial charge in [-0.15, -0.1) is 0 Å². The Morgan fingerprint density at radius 3 is 2.79 bits per heavy atom. The zero-order valence-electron chi connectivity index (χ0n) is 8.32. The Morgan fingerprint density at radius 2 is 2.14 bits per heavy atom. The van der Waals surface area contributed by atoms with Crippen molar-refractivity contribution in [3.05, 3.63) is 35.9 Å². The molecule has 0 bridgehead atoms. The van der Waals surface area contributed by atoms with Gasteiger partial charge >= 0.3 is 0 Å². The summed E-state index contributed by atoms with van der Waals surface area (Å²) in [5.41, 5.74) is 1.79. The second kappa shape index (κ2) is 4.76. The summed E-state index contributed by atoms with van der Waals surface area (Å²) >= 11 is 0. The highest BCUT2D eigenvalue weighted by Gasteiger charge is 2.17. The second-order valence-electron chi connectivity index (χ2n) is 3.61. The third-order valence-electron chi connectivity index (χ3n) is 2.45. The van der Waals surface area contributed by atoms with Crippen molar-refractivity contribution in [2.24, 2.45) is 0 Å². The molecule has 1 aliphatic rings. The van der Waals surface area contributed by atoms with Crippen molar-refractivity contribution in [1.82, 2.24) is 0 Å². The molecule has 2 atom stereocenters. The van der Waals surface area contributed by atoms with Gasteiger partial charge < -0.3 is 4.74 Å². The average Bonchev–Trinajstić information content (AvgIpc) is 2.72. The number of rotatable bonds is 3. The molecule has 0 saturated carbocycles. The van der Waals surface area contributed by atoms with Crippen LogP contribution in [0.15, 0.2) is 30.3 Å². The van der Waals surface area contributed by atoms with Crippen molar-refractivity contribution >= 4 is 16.4 Å². The first kappa shape index (κ1) is 9.94. The summed E-state index contributed by atoms with van der Waals surface area (Å²) in [6, 6.07) is 10.6. The Balaban J connectivity index is 1.94. The van der Waals surface area contributed by atoms with E-state index in [4.69, 9.17) is 4.74 Å². The fraction of sp³-hybridized carbons (Fsp3) is 0.417. The van der Waals surface area contributed by atoms with Crippen molar-refractivity contribution in [1.29, 1.82) is 0 Å². The first-order valence-corrected chi connectivity index (χ1v) is 6.64. The molecule has 0 amide bonds. The van der Waals surface area contributed by atoms with E-state index in [1.807, 2.05) is 0 Å². The fourth-order valence-corrected chi connectivity index (χ4v) is 3.29. The predicted octanol–water partition coefficient (Wildman–Crippen LogP) is 3.02. The molecule has 14 heavy (non-hydrogen) atoms. The molecule has 0 aliphatic carbocycles. The first-order chi connectivity index (χ1) is 6.86. The van der Waals surface area contributed by atoms with E-state index in [1.54, 1.807) is 0 Å². The van der Waals surface area contributed by atoms with E-state index in [2.05, 4.69) is 36.2 Å². The van der Waals surface area contributed by atoms with E-state index in [0.717, 1.165) is 12.4 Å². The summed E-state index contributed by atoms with van der Waals surface area (Å²) in [6.07, 6.45) is 2.40. The number of hydrogen-bond acceptors (Lipinski definition) is 1. The lowest BCUT2D eigenvalue weighted by Gasteiger charge is -2.14. The van der Waals surface area contributed by atoms with E-state index in [1.165, 1.54) is 18.4 Å². The molecule has 1 heterocycles. The van der Waals surface area contributed by atoms with Gasteiger partial charge in [0.1, 0.15) is 0 Å². The number of benzene rings is 1. The van der Waals surface area contributed by atoms with Gasteiger partial charge in [0.25, 0.3) is 0 Å². The van der Waals surface area contributed by atoms with Gasteiger partial charge in [0.2, 0.25) is 0 Å². The highest BCUT2D eigenvalue weighted by atomic mass is 32.2. The van der Waals surface area contributed by atoms with Gasteiger partial charge in [-0.2, -0.15) is 10.5 Å². The summed E-state index contributed by atoms with van der Waals surface area (Å²) in [7, 11) is 0.131. The molecule has 0 aromatic heterocycles. The third kappa shape index (κ3) is 2.46. The normalized spacial score (nSPS) is 23.6. The smallest absolute Gasteiger partial charge is 0.0979 e. The SMILES string of the molecule is C=S(Cc1ccccc1)C1CCCO1. The second-order valence-corrected chi connectivity index (χ2v) is 5.50. The van der Waals surface area contributed by atoms with Crippen LogP contribution in [0.3, 0.4) is 0 Å². The van der Waals surface area contributed by atoms with Gasteiger partial charge in [-0.1, -0.05) is 36.2 Å². The van der Waals surface area contributed by atoms with Crippen molar-refractivity contribution < 1.29 is 4.74 Å². The molecule has 1 saturated heterocycles. The standard InChI is InChI=1S/C12H16OS/c1-14(12-8-5-9-13-12)10-11-6-3-2-4-7-11/h2-4,6-7,12H,1,5,8-10H2. The van der Waals surface area contributed by atoms with E-state index < -0.39 is 0 Å². The Bertz CT molecular complexity index is 301. The maximum absolute atomic E-state index is 5.64. The minimum atomic E-state index is 0.131. The average molecular weight is 208 g/mol. The fourth-order valence-electron chi connectivity index (χ4n) is 1.69. The van der Waals surface area contributed by atoms with Crippen LogP contribution in [0.5, 0.6) is 0 Å². The molecule has 2 rings (SSSR count). The van der Waals surface area contributed by atoms with E-state index in [-0.39, 0.29) is 10.5 Å². The molecule has 1 aromatic carbocycles. The summed E-state index contributed by atoms with van der Waals surface area (Å²) in [4.78, 5) is 0. The van der Waals surface area contributed by atoms with Crippen molar-refractivity contribution in [2.75, 3.05) is 6.61 Å². The summed E-state index contributed by atoms with van der Waals surface area (Å²) < 4.78 is 5.64. The third-order valence-corrected chi connectivity index (χ3v) is 4.27. The number of hydrogen-bond donors (Lipinski definition) is 0. The lowest BCUT2D eigenvalue weighted by Crippen LogP contribution is -2.02. The van der Waals surface area contributed by atoms with Crippen LogP contribution in [-0.2, 0) is 10.5 Å². The maximum Gasteiger partial charge on any atom is 0.0979 e. The zero-order chi connectivity index (χ0) is 9.80. The largest absolute Gasteiger partial charge is 0.368 e. The molecule has 1 fully saturated rings. The topological polar surface area (TPSA) is 9.23 Å². The minimum Gasteiger partial charge on any atom is -0.368 e. The molecular weight excluding hydrogens is 192 g/mol. The molecule has 2 heteroatoms. The maximum atomic E-state index is 5.64. The van der Waals surface area contributed by atoms with Gasteiger partial charge in [-0.05, 0) is 18.4 Å². The van der Waals surface area contributed by atoms with Crippen LogP contribution in [0.1, 0.15) is 18.4 Å². The van der Waals surface area contributed by atoms with Crippen LogP contribution in [0.4, 0.5) is 0 Å². The summed E-state index contributed by atoms with van der Waals surface area (Å²) in [5.74, 6) is 5.28. The van der Waals surface area contributed by atoms with Gasteiger partial charge in [-0.25, -0.2) is 0 Å². The molecule has 1 nitrogen and oxygen atoms in total. The van der Waals surface area contributed by atoms with Gasteiger partial charge in [0, 0.05) is 12.4 Å². The Morgan fingerprint density at radius 1 is 1.36 bits per heavy atom.